The first-order valence-corrected chi connectivity index (χ1v) is 6.82. The van der Waals surface area contributed by atoms with Gasteiger partial charge in [-0.3, -0.25) is 0 Å². The number of aromatic nitrogens is 3. The van der Waals surface area contributed by atoms with Crippen LogP contribution in [-0.2, 0) is 11.2 Å². The smallest absolute Gasteiger partial charge is 0.375 e. The van der Waals surface area contributed by atoms with Crippen LogP contribution >= 0.6 is 0 Å². The Balaban J connectivity index is 2.52. The normalized spacial score (nSPS) is 11.0. The molecule has 0 unspecified atom stereocenters. The fourth-order valence-electron chi connectivity index (χ4n) is 2.11. The number of hydrogen-bond acceptors (Lipinski definition) is 4. The minimum atomic E-state index is -1.12. The summed E-state index contributed by atoms with van der Waals surface area (Å²) < 4.78 is 6.74. The predicted molar refractivity (Wildman–Crippen MR) is 78.0 cm³/mol. The summed E-state index contributed by atoms with van der Waals surface area (Å²) in [7, 11) is 1.65. The maximum atomic E-state index is 11.1. The van der Waals surface area contributed by atoms with E-state index in [9.17, 15) is 4.79 Å². The zero-order chi connectivity index (χ0) is 15.4. The predicted octanol–water partition coefficient (Wildman–Crippen LogP) is 2.28. The molecule has 0 amide bonds. The van der Waals surface area contributed by atoms with Crippen LogP contribution in [0.25, 0.3) is 5.69 Å². The number of methoxy groups -OCH3 is 1. The molecule has 1 N–H and O–H groups in total. The molecule has 0 spiro atoms. The van der Waals surface area contributed by atoms with E-state index in [1.165, 1.54) is 0 Å². The monoisotopic (exact) mass is 289 g/mol. The molecule has 6 nitrogen and oxygen atoms in total. The highest BCUT2D eigenvalue weighted by Crippen LogP contribution is 2.21. The first kappa shape index (κ1) is 15.2. The van der Waals surface area contributed by atoms with Crippen LogP contribution in [0.3, 0.4) is 0 Å². The minimum absolute atomic E-state index is 0.0704. The van der Waals surface area contributed by atoms with E-state index in [-0.39, 0.29) is 11.7 Å². The molecule has 6 heteroatoms. The third-order valence-electron chi connectivity index (χ3n) is 3.14. The summed E-state index contributed by atoms with van der Waals surface area (Å²) in [4.78, 5) is 15.2. The highest BCUT2D eigenvalue weighted by atomic mass is 16.5. The van der Waals surface area contributed by atoms with Crippen molar-refractivity contribution in [2.45, 2.75) is 26.2 Å². The molecule has 0 radical (unpaired) electrons. The van der Waals surface area contributed by atoms with E-state index >= 15 is 0 Å². The van der Waals surface area contributed by atoms with E-state index in [2.05, 4.69) is 10.1 Å². The second-order valence-electron chi connectivity index (χ2n) is 5.04. The van der Waals surface area contributed by atoms with E-state index in [4.69, 9.17) is 9.84 Å². The van der Waals surface area contributed by atoms with Crippen LogP contribution < -0.4 is 0 Å². The number of nitrogens with zero attached hydrogens (tertiary/aromatic N) is 3. The molecule has 1 aromatic heterocycles. The lowest BCUT2D eigenvalue weighted by Crippen LogP contribution is -2.09. The number of ether oxygens (including phenoxy) is 1. The third kappa shape index (κ3) is 3.28. The van der Waals surface area contributed by atoms with Crippen molar-refractivity contribution in [1.29, 1.82) is 0 Å². The van der Waals surface area contributed by atoms with Gasteiger partial charge in [-0.25, -0.2) is 14.5 Å². The molecule has 0 saturated carbocycles. The summed E-state index contributed by atoms with van der Waals surface area (Å²) in [5, 5.41) is 13.2. The van der Waals surface area contributed by atoms with Gasteiger partial charge >= 0.3 is 5.97 Å². The molecule has 0 aliphatic heterocycles. The van der Waals surface area contributed by atoms with Crippen LogP contribution in [0.15, 0.2) is 24.3 Å². The quantitative estimate of drug-likeness (QED) is 0.882. The van der Waals surface area contributed by atoms with Gasteiger partial charge in [-0.15, -0.1) is 5.10 Å². The molecular weight excluding hydrogens is 270 g/mol. The number of aromatic carboxylic acids is 1. The van der Waals surface area contributed by atoms with Crippen molar-refractivity contribution in [3.05, 3.63) is 41.5 Å². The number of carbonyl (C=O) groups is 1. The molecule has 0 aliphatic rings. The highest BCUT2D eigenvalue weighted by molar-refractivity contribution is 5.83. The Morgan fingerprint density at radius 1 is 1.38 bits per heavy atom. The molecule has 0 atom stereocenters. The summed E-state index contributed by atoms with van der Waals surface area (Å²) in [6, 6.07) is 7.74. The van der Waals surface area contributed by atoms with Gasteiger partial charge in [-0.2, -0.15) is 0 Å². The summed E-state index contributed by atoms with van der Waals surface area (Å²) in [5.41, 5.74) is 1.89. The molecular formula is C15H19N3O3. The topological polar surface area (TPSA) is 77.2 Å². The lowest BCUT2D eigenvalue weighted by molar-refractivity contribution is 0.0683. The van der Waals surface area contributed by atoms with Crippen LogP contribution in [-0.4, -0.2) is 39.6 Å². The number of benzene rings is 1. The second kappa shape index (κ2) is 6.49. The average Bonchev–Trinajstić information content (AvgIpc) is 2.91. The van der Waals surface area contributed by atoms with E-state index < -0.39 is 5.97 Å². The first-order valence-electron chi connectivity index (χ1n) is 6.82. The Morgan fingerprint density at radius 3 is 2.71 bits per heavy atom. The maximum Gasteiger partial charge on any atom is 0.375 e. The SMILES string of the molecule is COCCc1ccccc1-n1nc(C(=O)O)nc1C(C)C. The molecule has 0 bridgehead atoms. The number of hydrogen-bond donors (Lipinski definition) is 1. The van der Waals surface area contributed by atoms with Crippen LogP contribution in [0, 0.1) is 0 Å². The van der Waals surface area contributed by atoms with Crippen molar-refractivity contribution in [2.75, 3.05) is 13.7 Å². The molecule has 112 valence electrons. The second-order valence-corrected chi connectivity index (χ2v) is 5.04. The van der Waals surface area contributed by atoms with Crippen molar-refractivity contribution < 1.29 is 14.6 Å². The Labute approximate surface area is 123 Å². The fraction of sp³-hybridized carbons (Fsp3) is 0.400. The summed E-state index contributed by atoms with van der Waals surface area (Å²) in [6.45, 7) is 4.52. The standard InChI is InChI=1S/C15H19N3O3/c1-10(2)14-16-13(15(19)20)17-18(14)12-7-5-4-6-11(12)8-9-21-3/h4-7,10H,8-9H2,1-3H3,(H,19,20). The highest BCUT2D eigenvalue weighted by Gasteiger charge is 2.19. The number of para-hydroxylation sites is 1. The van der Waals surface area contributed by atoms with E-state index in [0.717, 1.165) is 17.7 Å². The minimum Gasteiger partial charge on any atom is -0.475 e. The van der Waals surface area contributed by atoms with Crippen LogP contribution in [0.2, 0.25) is 0 Å². The van der Waals surface area contributed by atoms with Crippen molar-refractivity contribution in [2.24, 2.45) is 0 Å². The number of carboxylic acid groups (broad SMARTS) is 1. The number of carboxylic acids is 1. The lowest BCUT2D eigenvalue weighted by atomic mass is 10.1. The van der Waals surface area contributed by atoms with Gasteiger partial charge < -0.3 is 9.84 Å². The average molecular weight is 289 g/mol. The Hall–Kier alpha value is -2.21. The Bertz CT molecular complexity index is 635. The molecule has 2 rings (SSSR count). The van der Waals surface area contributed by atoms with Gasteiger partial charge in [0.2, 0.25) is 0 Å². The zero-order valence-electron chi connectivity index (χ0n) is 12.4. The van der Waals surface area contributed by atoms with Crippen LogP contribution in [0.4, 0.5) is 0 Å². The molecule has 1 aromatic carbocycles. The Morgan fingerprint density at radius 2 is 2.10 bits per heavy atom. The summed E-state index contributed by atoms with van der Waals surface area (Å²) in [6.07, 6.45) is 0.729. The van der Waals surface area contributed by atoms with Crippen molar-refractivity contribution >= 4 is 5.97 Å². The van der Waals surface area contributed by atoms with E-state index in [1.54, 1.807) is 11.8 Å². The van der Waals surface area contributed by atoms with Crippen LogP contribution in [0.1, 0.15) is 41.8 Å². The van der Waals surface area contributed by atoms with Gasteiger partial charge in [0.15, 0.2) is 0 Å². The lowest BCUT2D eigenvalue weighted by Gasteiger charge is -2.12. The van der Waals surface area contributed by atoms with Gasteiger partial charge in [-0.05, 0) is 18.1 Å². The zero-order valence-corrected chi connectivity index (χ0v) is 12.4. The molecule has 2 aromatic rings. The van der Waals surface area contributed by atoms with Gasteiger partial charge in [0.25, 0.3) is 5.82 Å². The fourth-order valence-corrected chi connectivity index (χ4v) is 2.11. The van der Waals surface area contributed by atoms with Gasteiger partial charge in [0.1, 0.15) is 5.82 Å². The summed E-state index contributed by atoms with van der Waals surface area (Å²) >= 11 is 0. The third-order valence-corrected chi connectivity index (χ3v) is 3.14. The van der Waals surface area contributed by atoms with Crippen molar-refractivity contribution in [1.82, 2.24) is 14.8 Å². The van der Waals surface area contributed by atoms with Gasteiger partial charge in [0.05, 0.1) is 12.3 Å². The van der Waals surface area contributed by atoms with Crippen molar-refractivity contribution in [3.8, 4) is 5.69 Å². The number of rotatable bonds is 6. The summed E-state index contributed by atoms with van der Waals surface area (Å²) in [5.74, 6) is -0.594. The largest absolute Gasteiger partial charge is 0.475 e. The van der Waals surface area contributed by atoms with Crippen LogP contribution in [0.5, 0.6) is 0 Å². The van der Waals surface area contributed by atoms with Gasteiger partial charge in [-0.1, -0.05) is 32.0 Å². The molecule has 21 heavy (non-hydrogen) atoms. The van der Waals surface area contributed by atoms with Crippen molar-refractivity contribution in [3.63, 3.8) is 0 Å². The molecule has 1 heterocycles. The molecule has 0 aliphatic carbocycles. The molecule has 0 fully saturated rings. The van der Waals surface area contributed by atoms with E-state index in [0.29, 0.717) is 12.4 Å². The Kier molecular flexibility index (Phi) is 4.70. The molecule has 0 saturated heterocycles. The first-order chi connectivity index (χ1) is 10.0. The van der Waals surface area contributed by atoms with Gasteiger partial charge in [0, 0.05) is 13.0 Å². The maximum absolute atomic E-state index is 11.1. The van der Waals surface area contributed by atoms with E-state index in [1.807, 2.05) is 38.1 Å².